The molecular weight excluding hydrogens is 920 g/mol. The molecule has 0 amide bonds. The number of hydrogen-bond acceptors (Lipinski definition) is 17. The minimum absolute atomic E-state index is 0.0215. The Morgan fingerprint density at radius 3 is 1.45 bits per heavy atom. The van der Waals surface area contributed by atoms with E-state index in [9.17, 15) is 59.9 Å². The van der Waals surface area contributed by atoms with E-state index in [1.807, 2.05) is 0 Å². The van der Waals surface area contributed by atoms with E-state index >= 15 is 0 Å². The lowest BCUT2D eigenvalue weighted by Crippen LogP contribution is -2.67. The van der Waals surface area contributed by atoms with Crippen LogP contribution in [0.1, 0.15) is 187 Å². The molecule has 9 N–H and O–H groups in total. The number of aliphatic hydroxyl groups is 8. The van der Waals surface area contributed by atoms with E-state index < -0.39 is 113 Å². The number of phosphoric ester groups is 1. The smallest absolute Gasteiger partial charge is 0.462 e. The van der Waals surface area contributed by atoms with Crippen molar-refractivity contribution in [2.75, 3.05) is 19.8 Å². The van der Waals surface area contributed by atoms with E-state index in [0.717, 1.165) is 77.0 Å². The van der Waals surface area contributed by atoms with Gasteiger partial charge in [-0.2, -0.15) is 0 Å². The van der Waals surface area contributed by atoms with E-state index in [0.29, 0.717) is 12.8 Å². The van der Waals surface area contributed by atoms with Crippen LogP contribution in [-0.4, -0.2) is 151 Å². The Morgan fingerprint density at radius 1 is 0.536 bits per heavy atom. The zero-order valence-electron chi connectivity index (χ0n) is 41.6. The molecule has 69 heavy (non-hydrogen) atoms. The summed E-state index contributed by atoms with van der Waals surface area (Å²) in [5.74, 6) is -1.23. The summed E-state index contributed by atoms with van der Waals surface area (Å²) in [6.07, 6.45) is 12.6. The average Bonchev–Trinajstić information content (AvgIpc) is 3.33. The van der Waals surface area contributed by atoms with Crippen molar-refractivity contribution >= 4 is 19.8 Å². The first-order chi connectivity index (χ1) is 33.2. The highest BCUT2D eigenvalue weighted by molar-refractivity contribution is 7.47. The second-order valence-electron chi connectivity index (χ2n) is 18.7. The number of rotatable bonds is 40. The average molecular weight is 1010 g/mol. The van der Waals surface area contributed by atoms with Crippen LogP contribution >= 0.6 is 7.82 Å². The molecule has 1 heterocycles. The molecule has 13 atom stereocenters. The minimum atomic E-state index is -5.38. The van der Waals surface area contributed by atoms with Crippen LogP contribution in [-0.2, 0) is 42.1 Å². The van der Waals surface area contributed by atoms with Crippen LogP contribution in [0.4, 0.5) is 0 Å². The molecule has 404 valence electrons. The van der Waals surface area contributed by atoms with Gasteiger partial charge in [0.05, 0.1) is 13.2 Å². The van der Waals surface area contributed by atoms with Gasteiger partial charge in [0, 0.05) is 12.8 Å². The van der Waals surface area contributed by atoms with Gasteiger partial charge in [-0.3, -0.25) is 18.6 Å². The maximum absolute atomic E-state index is 13.4. The molecule has 6 unspecified atom stereocenters. The molecule has 2 fully saturated rings. The van der Waals surface area contributed by atoms with E-state index in [1.54, 1.807) is 0 Å². The molecule has 2 rings (SSSR count). The molecule has 2 aliphatic rings. The van der Waals surface area contributed by atoms with E-state index in [-0.39, 0.29) is 12.8 Å². The molecule has 19 heteroatoms. The molecular formula is C50H91O18P. The molecule has 0 aromatic rings. The fraction of sp³-hybridized carbons (Fsp3) is 0.880. The molecule has 0 aromatic heterocycles. The Labute approximate surface area is 411 Å². The summed E-state index contributed by atoms with van der Waals surface area (Å²) in [6, 6.07) is 0. The zero-order valence-corrected chi connectivity index (χ0v) is 42.5. The fourth-order valence-corrected chi connectivity index (χ4v) is 9.25. The van der Waals surface area contributed by atoms with Gasteiger partial charge in [-0.05, 0) is 64.2 Å². The molecule has 1 saturated carbocycles. The van der Waals surface area contributed by atoms with Gasteiger partial charge in [-0.1, -0.05) is 134 Å². The number of unbranched alkanes of at least 4 members (excludes halogenated alkanes) is 21. The van der Waals surface area contributed by atoms with Crippen LogP contribution in [0.15, 0.2) is 24.3 Å². The van der Waals surface area contributed by atoms with E-state index in [2.05, 4.69) is 38.2 Å². The topological polar surface area (TPSA) is 289 Å². The quantitative estimate of drug-likeness (QED) is 0.0141. The number of phosphoric acid groups is 1. The normalized spacial score (nSPS) is 27.7. The van der Waals surface area contributed by atoms with Crippen molar-refractivity contribution < 1.29 is 87.9 Å². The SMILES string of the molecule is CCCCCC/C=C\CCCCCCCC(=O)O[C@H](COC(=O)CCCCCCC/C=C\CCCCCCCCC)COP(=O)(O)O[C@@H]1C(O)C(O)[C@@H](O)C(O)[C@H]1O[C@H]1OC(CO)[C@@H](O)C(O)[C@H]1O. The Hall–Kier alpha value is -1.87. The van der Waals surface area contributed by atoms with Crippen LogP contribution in [0.2, 0.25) is 0 Å². The molecule has 0 spiro atoms. The molecule has 1 aliphatic carbocycles. The van der Waals surface area contributed by atoms with E-state index in [4.69, 9.17) is 28.0 Å². The zero-order chi connectivity index (χ0) is 50.9. The fourth-order valence-electron chi connectivity index (χ4n) is 8.28. The third-order valence-electron chi connectivity index (χ3n) is 12.6. The molecule has 0 bridgehead atoms. The Kier molecular flexibility index (Phi) is 34.7. The van der Waals surface area contributed by atoms with Gasteiger partial charge in [0.1, 0.15) is 67.6 Å². The lowest BCUT2D eigenvalue weighted by Gasteiger charge is -2.47. The lowest BCUT2D eigenvalue weighted by molar-refractivity contribution is -0.338. The molecule has 0 aromatic carbocycles. The standard InChI is InChI=1S/C50H91O18P/c1-3-5-7-9-11-13-15-17-18-19-21-22-24-26-28-30-32-39(52)63-35-37(65-40(53)33-31-29-27-25-23-20-16-14-12-10-8-6-4-2)36-64-69(61,62)68-49-46(59)44(57)43(56)45(58)48(49)67-50-47(60)42(55)41(54)38(34-51)66-50/h14,16,18-19,37-38,41-51,54-60H,3-13,15,17,20-36H2,1-2H3,(H,61,62)/b16-14-,19-18-/t37-,38?,41-,42?,43-,44?,45?,46?,47-,48-,49-,50-/m1/s1. The van der Waals surface area contributed by atoms with Gasteiger partial charge in [0.25, 0.3) is 0 Å². The van der Waals surface area contributed by atoms with Crippen molar-refractivity contribution in [3.8, 4) is 0 Å². The maximum Gasteiger partial charge on any atom is 0.472 e. The number of ether oxygens (including phenoxy) is 4. The number of carbonyl (C=O) groups excluding carboxylic acids is 2. The number of esters is 2. The highest BCUT2D eigenvalue weighted by atomic mass is 31.2. The molecule has 1 saturated heterocycles. The summed E-state index contributed by atoms with van der Waals surface area (Å²) >= 11 is 0. The van der Waals surface area contributed by atoms with Crippen molar-refractivity contribution in [3.05, 3.63) is 24.3 Å². The Bertz CT molecular complexity index is 1430. The minimum Gasteiger partial charge on any atom is -0.462 e. The monoisotopic (exact) mass is 1010 g/mol. The summed E-state index contributed by atoms with van der Waals surface area (Å²) in [5.41, 5.74) is 0. The predicted molar refractivity (Wildman–Crippen MR) is 258 cm³/mol. The second kappa shape index (κ2) is 37.8. The van der Waals surface area contributed by atoms with Gasteiger partial charge < -0.3 is 64.7 Å². The number of carbonyl (C=O) groups is 2. The van der Waals surface area contributed by atoms with Crippen molar-refractivity contribution in [3.63, 3.8) is 0 Å². The van der Waals surface area contributed by atoms with Gasteiger partial charge in [-0.15, -0.1) is 0 Å². The predicted octanol–water partition coefficient (Wildman–Crippen LogP) is 6.27. The number of allylic oxidation sites excluding steroid dienone is 4. The van der Waals surface area contributed by atoms with E-state index in [1.165, 1.54) is 70.6 Å². The summed E-state index contributed by atoms with van der Waals surface area (Å²) in [7, 11) is -5.38. The van der Waals surface area contributed by atoms with Crippen LogP contribution in [0, 0.1) is 0 Å². The third-order valence-corrected chi connectivity index (χ3v) is 13.6. The van der Waals surface area contributed by atoms with Crippen LogP contribution in [0.3, 0.4) is 0 Å². The third kappa shape index (κ3) is 26.6. The highest BCUT2D eigenvalue weighted by Gasteiger charge is 2.55. The van der Waals surface area contributed by atoms with Crippen molar-refractivity contribution in [2.45, 2.75) is 261 Å². The van der Waals surface area contributed by atoms with Gasteiger partial charge in [0.15, 0.2) is 12.4 Å². The first kappa shape index (κ1) is 63.2. The van der Waals surface area contributed by atoms with Crippen molar-refractivity contribution in [1.29, 1.82) is 0 Å². The summed E-state index contributed by atoms with van der Waals surface area (Å²) in [5, 5.41) is 83.0. The van der Waals surface area contributed by atoms with Crippen LogP contribution in [0.25, 0.3) is 0 Å². The van der Waals surface area contributed by atoms with Crippen LogP contribution in [0.5, 0.6) is 0 Å². The number of hydrogen-bond donors (Lipinski definition) is 9. The molecule has 0 radical (unpaired) electrons. The molecule has 18 nitrogen and oxygen atoms in total. The molecule has 1 aliphatic heterocycles. The Balaban J connectivity index is 1.94. The van der Waals surface area contributed by atoms with Crippen LogP contribution < -0.4 is 0 Å². The maximum atomic E-state index is 13.4. The summed E-state index contributed by atoms with van der Waals surface area (Å²) in [4.78, 5) is 36.6. The first-order valence-corrected chi connectivity index (χ1v) is 27.7. The van der Waals surface area contributed by atoms with Gasteiger partial charge in [0.2, 0.25) is 0 Å². The summed E-state index contributed by atoms with van der Waals surface area (Å²) < 4.78 is 45.5. The van der Waals surface area contributed by atoms with Crippen molar-refractivity contribution in [1.82, 2.24) is 0 Å². The van der Waals surface area contributed by atoms with Gasteiger partial charge in [-0.25, -0.2) is 4.57 Å². The lowest BCUT2D eigenvalue weighted by atomic mass is 9.84. The highest BCUT2D eigenvalue weighted by Crippen LogP contribution is 2.48. The Morgan fingerprint density at radius 2 is 0.957 bits per heavy atom. The number of aliphatic hydroxyl groups excluding tert-OH is 8. The summed E-state index contributed by atoms with van der Waals surface area (Å²) in [6.45, 7) is 2.20. The van der Waals surface area contributed by atoms with Crippen molar-refractivity contribution in [2.24, 2.45) is 0 Å². The first-order valence-electron chi connectivity index (χ1n) is 26.2. The second-order valence-corrected chi connectivity index (χ2v) is 20.1. The largest absolute Gasteiger partial charge is 0.472 e. The van der Waals surface area contributed by atoms with Gasteiger partial charge >= 0.3 is 19.8 Å².